The van der Waals surface area contributed by atoms with Crippen LogP contribution in [0.25, 0.3) is 11.1 Å². The van der Waals surface area contributed by atoms with Gasteiger partial charge in [-0.15, -0.1) is 0 Å². The number of phosphoric ester groups is 1. The van der Waals surface area contributed by atoms with E-state index in [1.165, 1.54) is 0 Å². The molecular weight excluding hydrogens is 547 g/mol. The van der Waals surface area contributed by atoms with E-state index < -0.39 is 13.4 Å². The van der Waals surface area contributed by atoms with E-state index >= 15 is 0 Å². The lowest BCUT2D eigenvalue weighted by atomic mass is 9.91. The summed E-state index contributed by atoms with van der Waals surface area (Å²) in [5, 5.41) is 0. The van der Waals surface area contributed by atoms with Gasteiger partial charge in [0.05, 0.1) is 6.61 Å². The Morgan fingerprint density at radius 2 is 1.02 bits per heavy atom. The Balaban J connectivity index is 1.31. The van der Waals surface area contributed by atoms with Crippen molar-refractivity contribution in [2.24, 2.45) is 0 Å². The number of ether oxygens (including phenoxy) is 2. The molecule has 1 atom stereocenters. The molecule has 0 N–H and O–H groups in total. The van der Waals surface area contributed by atoms with Gasteiger partial charge in [-0.1, -0.05) is 97.9 Å². The van der Waals surface area contributed by atoms with E-state index in [1.807, 2.05) is 85.8 Å². The summed E-state index contributed by atoms with van der Waals surface area (Å²) in [5.74, 6) is 2.15. The molecule has 0 aliphatic rings. The van der Waals surface area contributed by atoms with Crippen LogP contribution in [0.3, 0.4) is 0 Å². The predicted molar refractivity (Wildman–Crippen MR) is 165 cm³/mol. The fourth-order valence-corrected chi connectivity index (χ4v) is 5.76. The first kappa shape index (κ1) is 29.2. The lowest BCUT2D eigenvalue weighted by molar-refractivity contribution is -0.0572. The third-order valence-electron chi connectivity index (χ3n) is 6.92. The van der Waals surface area contributed by atoms with Crippen LogP contribution in [-0.4, -0.2) is 13.7 Å². The Bertz CT molecular complexity index is 1530. The third kappa shape index (κ3) is 7.29. The summed E-state index contributed by atoms with van der Waals surface area (Å²) < 4.78 is 43.5. The molecule has 0 spiro atoms. The molecule has 0 fully saturated rings. The molecule has 0 aromatic heterocycles. The second-order valence-electron chi connectivity index (χ2n) is 9.60. The highest BCUT2D eigenvalue weighted by molar-refractivity contribution is 7.49. The van der Waals surface area contributed by atoms with E-state index in [4.69, 9.17) is 23.0 Å². The van der Waals surface area contributed by atoms with Gasteiger partial charge in [-0.25, -0.2) is 4.57 Å². The zero-order valence-electron chi connectivity index (χ0n) is 23.6. The van der Waals surface area contributed by atoms with Gasteiger partial charge in [-0.2, -0.15) is 0 Å². The van der Waals surface area contributed by atoms with E-state index in [-0.39, 0.29) is 6.61 Å². The molecule has 0 aliphatic heterocycles. The molecule has 214 valence electrons. The van der Waals surface area contributed by atoms with Crippen LogP contribution >= 0.6 is 7.82 Å². The van der Waals surface area contributed by atoms with Crippen LogP contribution in [0.2, 0.25) is 0 Å². The first-order valence-electron chi connectivity index (χ1n) is 13.7. The average Bonchev–Trinajstić information content (AvgIpc) is 3.04. The fourth-order valence-electron chi connectivity index (χ4n) is 4.50. The Kier molecular flexibility index (Phi) is 9.40. The number of para-hydroxylation sites is 2. The monoisotopic (exact) mass is 580 g/mol. The van der Waals surface area contributed by atoms with Crippen molar-refractivity contribution in [3.63, 3.8) is 0 Å². The lowest BCUT2D eigenvalue weighted by Gasteiger charge is -2.32. The molecule has 0 bridgehead atoms. The highest BCUT2D eigenvalue weighted by Crippen LogP contribution is 2.51. The van der Waals surface area contributed by atoms with Crippen LogP contribution in [0.1, 0.15) is 18.9 Å². The zero-order valence-corrected chi connectivity index (χ0v) is 24.5. The molecule has 0 heterocycles. The molecule has 5 rings (SSSR count). The molecule has 1 unspecified atom stereocenters. The van der Waals surface area contributed by atoms with E-state index in [0.717, 1.165) is 22.4 Å². The second kappa shape index (κ2) is 13.5. The van der Waals surface area contributed by atoms with E-state index in [9.17, 15) is 4.57 Å². The van der Waals surface area contributed by atoms with Crippen molar-refractivity contribution in [2.45, 2.75) is 18.9 Å². The van der Waals surface area contributed by atoms with Gasteiger partial charge in [0.2, 0.25) is 0 Å². The maximum absolute atomic E-state index is 13.9. The van der Waals surface area contributed by atoms with Crippen LogP contribution in [0.5, 0.6) is 23.0 Å². The van der Waals surface area contributed by atoms with Crippen molar-refractivity contribution in [3.8, 4) is 34.1 Å². The van der Waals surface area contributed by atoms with Crippen molar-refractivity contribution in [1.82, 2.24) is 0 Å². The average molecular weight is 581 g/mol. The quantitative estimate of drug-likeness (QED) is 0.129. The molecule has 0 radical (unpaired) electrons. The minimum atomic E-state index is -4.09. The van der Waals surface area contributed by atoms with Gasteiger partial charge in [0.25, 0.3) is 0 Å². The van der Waals surface area contributed by atoms with Crippen LogP contribution in [0.4, 0.5) is 0 Å². The summed E-state index contributed by atoms with van der Waals surface area (Å²) in [4.78, 5) is 0. The van der Waals surface area contributed by atoms with Gasteiger partial charge < -0.3 is 18.5 Å². The first-order chi connectivity index (χ1) is 20.5. The number of benzene rings is 5. The number of rotatable bonds is 13. The van der Waals surface area contributed by atoms with Gasteiger partial charge in [0, 0.05) is 7.11 Å². The lowest BCUT2D eigenvalue weighted by Crippen LogP contribution is -2.33. The molecule has 0 amide bonds. The maximum atomic E-state index is 13.9. The highest BCUT2D eigenvalue weighted by atomic mass is 31.2. The molecule has 0 saturated heterocycles. The molecule has 5 aromatic carbocycles. The SMILES string of the molecule is CCC(COP(=O)(Oc1ccccc1)Oc1ccccc1)(OC)c1ccc(Oc2ccc(-c3ccccc3)cc2)cc1. The number of methoxy groups -OCH3 is 1. The van der Waals surface area contributed by atoms with Gasteiger partial charge >= 0.3 is 7.82 Å². The predicted octanol–water partition coefficient (Wildman–Crippen LogP) is 9.68. The summed E-state index contributed by atoms with van der Waals surface area (Å²) in [6, 6.07) is 43.4. The summed E-state index contributed by atoms with van der Waals surface area (Å²) in [6.45, 7) is 1.91. The summed E-state index contributed by atoms with van der Waals surface area (Å²) in [6.07, 6.45) is 0.543. The summed E-state index contributed by atoms with van der Waals surface area (Å²) in [7, 11) is -2.49. The minimum absolute atomic E-state index is 0.0713. The maximum Gasteiger partial charge on any atom is 0.587 e. The van der Waals surface area contributed by atoms with Crippen LogP contribution < -0.4 is 13.8 Å². The summed E-state index contributed by atoms with van der Waals surface area (Å²) in [5.41, 5.74) is 2.20. The van der Waals surface area contributed by atoms with Gasteiger partial charge in [-0.3, -0.25) is 4.52 Å². The van der Waals surface area contributed by atoms with Gasteiger partial charge in [0.1, 0.15) is 28.6 Å². The Hall–Kier alpha value is -4.35. The van der Waals surface area contributed by atoms with Crippen LogP contribution in [-0.2, 0) is 19.4 Å². The van der Waals surface area contributed by atoms with Gasteiger partial charge in [-0.05, 0) is 71.6 Å². The molecule has 42 heavy (non-hydrogen) atoms. The van der Waals surface area contributed by atoms with Crippen LogP contribution in [0.15, 0.2) is 140 Å². The first-order valence-corrected chi connectivity index (χ1v) is 15.2. The molecule has 5 aromatic rings. The largest absolute Gasteiger partial charge is 0.587 e. The van der Waals surface area contributed by atoms with Crippen molar-refractivity contribution >= 4 is 7.82 Å². The van der Waals surface area contributed by atoms with Crippen LogP contribution in [0, 0.1) is 0 Å². The fraction of sp³-hybridized carbons (Fsp3) is 0.143. The molecule has 6 nitrogen and oxygen atoms in total. The van der Waals surface area contributed by atoms with E-state index in [2.05, 4.69) is 12.1 Å². The molecule has 0 saturated carbocycles. The third-order valence-corrected chi connectivity index (χ3v) is 8.23. The zero-order chi connectivity index (χ0) is 29.3. The summed E-state index contributed by atoms with van der Waals surface area (Å²) >= 11 is 0. The topological polar surface area (TPSA) is 63.2 Å². The standard InChI is InChI=1S/C35H33O6P/c1-3-35(37-2,27-38-42(36,40-33-15-9-5-10-16-33)41-34-17-11-6-12-18-34)30-21-25-32(26-22-30)39-31-23-19-29(20-24-31)28-13-7-4-8-14-28/h4-26H,3,27H2,1-2H3. The Morgan fingerprint density at radius 1 is 0.571 bits per heavy atom. The number of phosphoric acid groups is 1. The molecule has 7 heteroatoms. The van der Waals surface area contributed by atoms with E-state index in [0.29, 0.717) is 23.7 Å². The number of hydrogen-bond donors (Lipinski definition) is 0. The second-order valence-corrected chi connectivity index (χ2v) is 11.1. The van der Waals surface area contributed by atoms with E-state index in [1.54, 1.807) is 55.6 Å². The van der Waals surface area contributed by atoms with Crippen molar-refractivity contribution < 1.29 is 27.6 Å². The van der Waals surface area contributed by atoms with Crippen molar-refractivity contribution in [3.05, 3.63) is 145 Å². The van der Waals surface area contributed by atoms with Gasteiger partial charge in [0.15, 0.2) is 0 Å². The Labute approximate surface area is 247 Å². The Morgan fingerprint density at radius 3 is 1.50 bits per heavy atom. The number of hydrogen-bond acceptors (Lipinski definition) is 6. The smallest absolute Gasteiger partial charge is 0.457 e. The molecular formula is C35H33O6P. The minimum Gasteiger partial charge on any atom is -0.457 e. The van der Waals surface area contributed by atoms with Crippen molar-refractivity contribution in [2.75, 3.05) is 13.7 Å². The highest BCUT2D eigenvalue weighted by Gasteiger charge is 2.38. The molecule has 0 aliphatic carbocycles. The normalized spacial score (nSPS) is 12.7. The van der Waals surface area contributed by atoms with Crippen molar-refractivity contribution in [1.29, 1.82) is 0 Å².